The molecule has 0 spiro atoms. The van der Waals surface area contributed by atoms with Gasteiger partial charge >= 0.3 is 0 Å². The van der Waals surface area contributed by atoms with Crippen LogP contribution in [0.4, 0.5) is 11.4 Å². The van der Waals surface area contributed by atoms with Gasteiger partial charge in [0.05, 0.1) is 5.52 Å². The minimum atomic E-state index is 0.773. The fourth-order valence-corrected chi connectivity index (χ4v) is 2.45. The lowest BCUT2D eigenvalue weighted by atomic mass is 10.1. The van der Waals surface area contributed by atoms with Crippen LogP contribution in [-0.4, -0.2) is 4.98 Å². The summed E-state index contributed by atoms with van der Waals surface area (Å²) >= 11 is 0. The smallest absolute Gasteiger partial charge is 0.0518 e. The molecular formula is C14H15N3. The van der Waals surface area contributed by atoms with Crippen LogP contribution in [0.2, 0.25) is 0 Å². The van der Waals surface area contributed by atoms with Crippen LogP contribution in [0.15, 0.2) is 30.3 Å². The first-order chi connectivity index (χ1) is 8.20. The Labute approximate surface area is 99.4 Å². The maximum absolute atomic E-state index is 6.00. The van der Waals surface area contributed by atoms with Gasteiger partial charge in [-0.25, -0.2) is 0 Å². The standard InChI is InChI=1S/C14H15N3/c1-2-9-12(16)6-5-11-10-4-3-8(15)7-13(10)17-14(9)11/h3-7,17H,2,15-16H2,1H3. The minimum absolute atomic E-state index is 0.773. The first kappa shape index (κ1) is 10.0. The maximum Gasteiger partial charge on any atom is 0.0518 e. The number of fused-ring (bicyclic) bond motifs is 3. The summed E-state index contributed by atoms with van der Waals surface area (Å²) in [5, 5.41) is 2.41. The normalized spacial score (nSPS) is 11.4. The third-order valence-electron chi connectivity index (χ3n) is 3.30. The second kappa shape index (κ2) is 3.42. The first-order valence-electron chi connectivity index (χ1n) is 5.79. The molecule has 86 valence electrons. The number of H-pyrrole nitrogens is 1. The Kier molecular flexibility index (Phi) is 2.01. The van der Waals surface area contributed by atoms with E-state index in [1.165, 1.54) is 16.3 Å². The van der Waals surface area contributed by atoms with Crippen LogP contribution >= 0.6 is 0 Å². The zero-order chi connectivity index (χ0) is 12.0. The van der Waals surface area contributed by atoms with Crippen LogP contribution in [0, 0.1) is 0 Å². The summed E-state index contributed by atoms with van der Waals surface area (Å²) in [6.07, 6.45) is 0.922. The van der Waals surface area contributed by atoms with Gasteiger partial charge in [0, 0.05) is 27.7 Å². The molecule has 0 aliphatic rings. The zero-order valence-corrected chi connectivity index (χ0v) is 9.75. The molecule has 0 aliphatic heterocycles. The third kappa shape index (κ3) is 1.35. The molecule has 1 aromatic heterocycles. The molecule has 0 saturated heterocycles. The van der Waals surface area contributed by atoms with Gasteiger partial charge in [0.25, 0.3) is 0 Å². The Morgan fingerprint density at radius 1 is 1.06 bits per heavy atom. The van der Waals surface area contributed by atoms with Crippen molar-refractivity contribution < 1.29 is 0 Å². The molecule has 2 aromatic carbocycles. The van der Waals surface area contributed by atoms with Crippen molar-refractivity contribution in [2.75, 3.05) is 11.5 Å². The Morgan fingerprint density at radius 3 is 2.59 bits per heavy atom. The van der Waals surface area contributed by atoms with Gasteiger partial charge in [0.15, 0.2) is 0 Å². The lowest BCUT2D eigenvalue weighted by molar-refractivity contribution is 1.16. The van der Waals surface area contributed by atoms with Crippen molar-refractivity contribution in [3.8, 4) is 0 Å². The van der Waals surface area contributed by atoms with E-state index in [4.69, 9.17) is 11.5 Å². The fourth-order valence-electron chi connectivity index (χ4n) is 2.45. The van der Waals surface area contributed by atoms with Gasteiger partial charge in [-0.05, 0) is 30.2 Å². The van der Waals surface area contributed by atoms with Crippen LogP contribution in [-0.2, 0) is 6.42 Å². The summed E-state index contributed by atoms with van der Waals surface area (Å²) in [6.45, 7) is 2.12. The highest BCUT2D eigenvalue weighted by atomic mass is 14.7. The number of rotatable bonds is 1. The van der Waals surface area contributed by atoms with Crippen molar-refractivity contribution in [2.24, 2.45) is 0 Å². The van der Waals surface area contributed by atoms with Gasteiger partial charge in [0.2, 0.25) is 0 Å². The monoisotopic (exact) mass is 225 g/mol. The fraction of sp³-hybridized carbons (Fsp3) is 0.143. The molecule has 0 fully saturated rings. The number of aromatic nitrogens is 1. The van der Waals surface area contributed by atoms with Crippen LogP contribution in [0.1, 0.15) is 12.5 Å². The molecule has 3 rings (SSSR count). The van der Waals surface area contributed by atoms with E-state index in [0.29, 0.717) is 0 Å². The number of benzene rings is 2. The molecule has 0 unspecified atom stereocenters. The zero-order valence-electron chi connectivity index (χ0n) is 9.75. The number of nitrogens with one attached hydrogen (secondary N) is 1. The summed E-state index contributed by atoms with van der Waals surface area (Å²) in [5.41, 5.74) is 16.8. The van der Waals surface area contributed by atoms with Crippen molar-refractivity contribution in [1.82, 2.24) is 4.98 Å². The Bertz CT molecular complexity index is 710. The van der Waals surface area contributed by atoms with Gasteiger partial charge < -0.3 is 16.5 Å². The molecule has 5 N–H and O–H groups in total. The molecule has 0 radical (unpaired) electrons. The first-order valence-corrected chi connectivity index (χ1v) is 5.79. The largest absolute Gasteiger partial charge is 0.399 e. The lowest BCUT2D eigenvalue weighted by Crippen LogP contribution is -1.93. The summed E-state index contributed by atoms with van der Waals surface area (Å²) < 4.78 is 0. The molecule has 3 nitrogen and oxygen atoms in total. The Hall–Kier alpha value is -2.16. The molecule has 0 saturated carbocycles. The van der Waals surface area contributed by atoms with Crippen molar-refractivity contribution in [2.45, 2.75) is 13.3 Å². The van der Waals surface area contributed by atoms with Crippen molar-refractivity contribution in [1.29, 1.82) is 0 Å². The molecular weight excluding hydrogens is 210 g/mol. The Morgan fingerprint density at radius 2 is 1.82 bits per heavy atom. The van der Waals surface area contributed by atoms with Crippen LogP contribution < -0.4 is 11.5 Å². The van der Waals surface area contributed by atoms with E-state index in [1.54, 1.807) is 0 Å². The van der Waals surface area contributed by atoms with Gasteiger partial charge in [-0.3, -0.25) is 0 Å². The summed E-state index contributed by atoms with van der Waals surface area (Å²) in [7, 11) is 0. The molecule has 0 bridgehead atoms. The summed E-state index contributed by atoms with van der Waals surface area (Å²) in [4.78, 5) is 3.42. The molecule has 17 heavy (non-hydrogen) atoms. The highest BCUT2D eigenvalue weighted by Crippen LogP contribution is 2.31. The minimum Gasteiger partial charge on any atom is -0.399 e. The number of hydrogen-bond donors (Lipinski definition) is 3. The van der Waals surface area contributed by atoms with Crippen LogP contribution in [0.25, 0.3) is 21.8 Å². The topological polar surface area (TPSA) is 67.8 Å². The predicted molar refractivity (Wildman–Crippen MR) is 74.0 cm³/mol. The number of anilines is 2. The van der Waals surface area contributed by atoms with Gasteiger partial charge in [-0.1, -0.05) is 19.1 Å². The van der Waals surface area contributed by atoms with Gasteiger partial charge in [-0.15, -0.1) is 0 Å². The predicted octanol–water partition coefficient (Wildman–Crippen LogP) is 3.05. The lowest BCUT2D eigenvalue weighted by Gasteiger charge is -2.03. The molecule has 0 aliphatic carbocycles. The SMILES string of the molecule is CCc1c(N)ccc2c1[nH]c1cc(N)ccc12. The van der Waals surface area contributed by atoms with E-state index < -0.39 is 0 Å². The quantitative estimate of drug-likeness (QED) is 0.557. The van der Waals surface area contributed by atoms with Gasteiger partial charge in [-0.2, -0.15) is 0 Å². The highest BCUT2D eigenvalue weighted by Gasteiger charge is 2.09. The van der Waals surface area contributed by atoms with Crippen LogP contribution in [0.3, 0.4) is 0 Å². The Balaban J connectivity index is 2.50. The third-order valence-corrected chi connectivity index (χ3v) is 3.30. The second-order valence-electron chi connectivity index (χ2n) is 4.34. The number of nitrogen functional groups attached to an aromatic ring is 2. The summed E-state index contributed by atoms with van der Waals surface area (Å²) in [5.74, 6) is 0. The number of aryl methyl sites for hydroxylation is 1. The summed E-state index contributed by atoms with van der Waals surface area (Å²) in [6, 6.07) is 9.99. The van der Waals surface area contributed by atoms with E-state index in [-0.39, 0.29) is 0 Å². The van der Waals surface area contributed by atoms with E-state index in [2.05, 4.69) is 24.0 Å². The maximum atomic E-state index is 6.00. The average molecular weight is 225 g/mol. The molecule has 3 aromatic rings. The van der Waals surface area contributed by atoms with E-state index >= 15 is 0 Å². The van der Waals surface area contributed by atoms with Gasteiger partial charge in [0.1, 0.15) is 0 Å². The number of nitrogens with two attached hydrogens (primary N) is 2. The molecule has 3 heteroatoms. The highest BCUT2D eigenvalue weighted by molar-refractivity contribution is 6.09. The molecule has 0 atom stereocenters. The van der Waals surface area contributed by atoms with Crippen molar-refractivity contribution >= 4 is 33.2 Å². The van der Waals surface area contributed by atoms with E-state index in [9.17, 15) is 0 Å². The average Bonchev–Trinajstić information content (AvgIpc) is 2.66. The second-order valence-corrected chi connectivity index (χ2v) is 4.34. The van der Waals surface area contributed by atoms with Crippen molar-refractivity contribution in [3.05, 3.63) is 35.9 Å². The number of aromatic amines is 1. The van der Waals surface area contributed by atoms with E-state index in [1.807, 2.05) is 18.2 Å². The van der Waals surface area contributed by atoms with Crippen molar-refractivity contribution in [3.63, 3.8) is 0 Å². The molecule has 1 heterocycles. The van der Waals surface area contributed by atoms with E-state index in [0.717, 1.165) is 28.8 Å². The molecule has 0 amide bonds. The number of hydrogen-bond acceptors (Lipinski definition) is 2. The van der Waals surface area contributed by atoms with Crippen LogP contribution in [0.5, 0.6) is 0 Å².